The Morgan fingerprint density at radius 2 is 1.89 bits per heavy atom. The first-order valence-electron chi connectivity index (χ1n) is 9.02. The van der Waals surface area contributed by atoms with Gasteiger partial charge in [-0.1, -0.05) is 12.1 Å². The van der Waals surface area contributed by atoms with Crippen LogP contribution in [0.1, 0.15) is 5.56 Å². The van der Waals surface area contributed by atoms with Gasteiger partial charge in [-0.2, -0.15) is 11.3 Å². The molecule has 28 heavy (non-hydrogen) atoms. The van der Waals surface area contributed by atoms with E-state index in [0.717, 1.165) is 34.1 Å². The number of nitrogens with zero attached hydrogens (tertiary/aromatic N) is 3. The summed E-state index contributed by atoms with van der Waals surface area (Å²) in [6.07, 6.45) is 4.33. The number of thiophene rings is 1. The number of fused-ring (bicyclic) bond motifs is 3. The second kappa shape index (κ2) is 6.82. The third kappa shape index (κ3) is 2.78. The normalized spacial score (nSPS) is 11.5. The van der Waals surface area contributed by atoms with Gasteiger partial charge < -0.3 is 5.73 Å². The molecule has 0 amide bonds. The number of aromatic nitrogens is 3. The Morgan fingerprint density at radius 1 is 1.04 bits per heavy atom. The molecule has 2 N–H and O–H groups in total. The average Bonchev–Trinajstić information content (AvgIpc) is 3.38. The highest BCUT2D eigenvalue weighted by Crippen LogP contribution is 2.32. The van der Waals surface area contributed by atoms with E-state index in [0.29, 0.717) is 17.6 Å². The molecule has 5 aromatic rings. The van der Waals surface area contributed by atoms with Gasteiger partial charge in [0, 0.05) is 22.7 Å². The Morgan fingerprint density at radius 3 is 2.64 bits per heavy atom. The molecule has 0 bridgehead atoms. The molecule has 0 aliphatic rings. The third-order valence-corrected chi connectivity index (χ3v) is 5.63. The summed E-state index contributed by atoms with van der Waals surface area (Å²) in [5.41, 5.74) is 11.6. The first-order chi connectivity index (χ1) is 13.7. The van der Waals surface area contributed by atoms with Crippen molar-refractivity contribution in [3.8, 4) is 16.8 Å². The van der Waals surface area contributed by atoms with Crippen LogP contribution in [0.3, 0.4) is 0 Å². The van der Waals surface area contributed by atoms with Crippen LogP contribution < -0.4 is 5.73 Å². The second-order valence-electron chi connectivity index (χ2n) is 6.67. The van der Waals surface area contributed by atoms with Crippen molar-refractivity contribution in [3.63, 3.8) is 0 Å². The van der Waals surface area contributed by atoms with E-state index in [4.69, 9.17) is 5.73 Å². The van der Waals surface area contributed by atoms with Crippen molar-refractivity contribution in [2.24, 2.45) is 5.73 Å². The quantitative estimate of drug-likeness (QED) is 0.474. The van der Waals surface area contributed by atoms with E-state index in [2.05, 4.69) is 34.2 Å². The molecule has 2 aromatic carbocycles. The first kappa shape index (κ1) is 17.0. The predicted octanol–water partition coefficient (Wildman–Crippen LogP) is 4.94. The topological polar surface area (TPSA) is 56.7 Å². The lowest BCUT2D eigenvalue weighted by Gasteiger charge is -2.09. The summed E-state index contributed by atoms with van der Waals surface area (Å²) in [5.74, 6) is -0.269. The summed E-state index contributed by atoms with van der Waals surface area (Å²) in [5, 5.41) is 4.78. The van der Waals surface area contributed by atoms with E-state index in [1.54, 1.807) is 23.9 Å². The maximum absolute atomic E-state index is 14.7. The molecule has 0 fully saturated rings. The Balaban J connectivity index is 1.75. The van der Waals surface area contributed by atoms with Gasteiger partial charge in [0.25, 0.3) is 0 Å². The summed E-state index contributed by atoms with van der Waals surface area (Å²) in [7, 11) is 0. The van der Waals surface area contributed by atoms with Gasteiger partial charge in [0.05, 0.1) is 17.2 Å². The molecule has 0 radical (unpaired) electrons. The summed E-state index contributed by atoms with van der Waals surface area (Å²) >= 11 is 1.55. The highest BCUT2D eigenvalue weighted by atomic mass is 32.1. The zero-order valence-electron chi connectivity index (χ0n) is 15.0. The van der Waals surface area contributed by atoms with Crippen molar-refractivity contribution in [2.45, 2.75) is 6.42 Å². The largest absolute Gasteiger partial charge is 0.330 e. The van der Waals surface area contributed by atoms with Crippen LogP contribution >= 0.6 is 11.3 Å². The molecule has 5 rings (SSSR count). The molecular weight excluding hydrogens is 371 g/mol. The lowest BCUT2D eigenvalue weighted by Crippen LogP contribution is -2.02. The van der Waals surface area contributed by atoms with Crippen molar-refractivity contribution in [2.75, 3.05) is 6.54 Å². The Bertz CT molecular complexity index is 1270. The minimum absolute atomic E-state index is 0.269. The number of rotatable bonds is 4. The molecule has 0 saturated heterocycles. The average molecular weight is 388 g/mol. The monoisotopic (exact) mass is 388 g/mol. The first-order valence-corrected chi connectivity index (χ1v) is 9.96. The minimum Gasteiger partial charge on any atom is -0.330 e. The van der Waals surface area contributed by atoms with Crippen LogP contribution in [-0.4, -0.2) is 21.1 Å². The molecule has 0 unspecified atom stereocenters. The number of benzene rings is 2. The van der Waals surface area contributed by atoms with Gasteiger partial charge in [0.15, 0.2) is 0 Å². The number of halogens is 1. The summed E-state index contributed by atoms with van der Waals surface area (Å²) in [6, 6.07) is 13.6. The van der Waals surface area contributed by atoms with E-state index < -0.39 is 0 Å². The number of hydrogen-bond donors (Lipinski definition) is 1. The van der Waals surface area contributed by atoms with E-state index in [-0.39, 0.29) is 5.82 Å². The van der Waals surface area contributed by atoms with Crippen LogP contribution in [0.5, 0.6) is 0 Å². The summed E-state index contributed by atoms with van der Waals surface area (Å²) < 4.78 is 16.7. The number of hydrogen-bond acceptors (Lipinski definition) is 4. The summed E-state index contributed by atoms with van der Waals surface area (Å²) in [6.45, 7) is 0.626. The molecule has 138 valence electrons. The van der Waals surface area contributed by atoms with Crippen LogP contribution in [0.2, 0.25) is 0 Å². The zero-order valence-corrected chi connectivity index (χ0v) is 15.8. The predicted molar refractivity (Wildman–Crippen MR) is 112 cm³/mol. The lowest BCUT2D eigenvalue weighted by molar-refractivity contribution is 0.633. The fourth-order valence-electron chi connectivity index (χ4n) is 3.54. The highest BCUT2D eigenvalue weighted by Gasteiger charge is 2.14. The molecule has 0 spiro atoms. The van der Waals surface area contributed by atoms with Crippen molar-refractivity contribution in [3.05, 3.63) is 77.1 Å². The van der Waals surface area contributed by atoms with Crippen molar-refractivity contribution >= 4 is 33.3 Å². The van der Waals surface area contributed by atoms with Gasteiger partial charge in [-0.05, 0) is 59.1 Å². The third-order valence-electron chi connectivity index (χ3n) is 4.94. The van der Waals surface area contributed by atoms with Crippen LogP contribution in [0, 0.1) is 5.82 Å². The molecule has 0 atom stereocenters. The van der Waals surface area contributed by atoms with Gasteiger partial charge in [-0.3, -0.25) is 9.55 Å². The molecule has 3 aromatic heterocycles. The maximum Gasteiger partial charge on any atom is 0.133 e. The molecule has 3 heterocycles. The van der Waals surface area contributed by atoms with Gasteiger partial charge in [0.1, 0.15) is 17.7 Å². The van der Waals surface area contributed by atoms with E-state index in [1.807, 2.05) is 27.5 Å². The zero-order chi connectivity index (χ0) is 19.1. The number of pyridine rings is 1. The Hall–Kier alpha value is -3.09. The van der Waals surface area contributed by atoms with Gasteiger partial charge in [-0.25, -0.2) is 9.37 Å². The van der Waals surface area contributed by atoms with Crippen molar-refractivity contribution < 1.29 is 4.39 Å². The van der Waals surface area contributed by atoms with Crippen LogP contribution in [0.25, 0.3) is 38.8 Å². The van der Waals surface area contributed by atoms with E-state index >= 15 is 0 Å². The second-order valence-corrected chi connectivity index (χ2v) is 7.45. The molecule has 0 aliphatic carbocycles. The maximum atomic E-state index is 14.7. The number of nitrogens with two attached hydrogens (primary N) is 1. The number of imidazole rings is 1. The molecule has 4 nitrogen and oxygen atoms in total. The van der Waals surface area contributed by atoms with E-state index in [9.17, 15) is 4.39 Å². The van der Waals surface area contributed by atoms with Gasteiger partial charge in [0.2, 0.25) is 0 Å². The molecule has 0 saturated carbocycles. The van der Waals surface area contributed by atoms with Crippen molar-refractivity contribution in [1.82, 2.24) is 14.5 Å². The molecule has 0 aliphatic heterocycles. The fraction of sp³-hybridized carbons (Fsp3) is 0.0909. The SMILES string of the molecule is NCCc1ccc(-n2cnc3cnc4cc(F)c(-c5ccsc5)cc4c32)cc1. The van der Waals surface area contributed by atoms with E-state index in [1.165, 1.54) is 11.6 Å². The van der Waals surface area contributed by atoms with Crippen LogP contribution in [0.15, 0.2) is 65.7 Å². The Kier molecular flexibility index (Phi) is 4.15. The Labute approximate surface area is 165 Å². The highest BCUT2D eigenvalue weighted by molar-refractivity contribution is 7.08. The fourth-order valence-corrected chi connectivity index (χ4v) is 4.19. The molecule has 6 heteroatoms. The van der Waals surface area contributed by atoms with Gasteiger partial charge >= 0.3 is 0 Å². The minimum atomic E-state index is -0.269. The van der Waals surface area contributed by atoms with Crippen molar-refractivity contribution in [1.29, 1.82) is 0 Å². The summed E-state index contributed by atoms with van der Waals surface area (Å²) in [4.78, 5) is 8.92. The van der Waals surface area contributed by atoms with Gasteiger partial charge in [-0.15, -0.1) is 0 Å². The smallest absolute Gasteiger partial charge is 0.133 e. The van der Waals surface area contributed by atoms with Crippen LogP contribution in [0.4, 0.5) is 4.39 Å². The lowest BCUT2D eigenvalue weighted by atomic mass is 10.0. The standard InChI is InChI=1S/C22H17FN4S/c23-19-10-20-18(9-17(19)15-6-8-28-12-15)22-21(11-25-20)26-13-27(22)16-3-1-14(2-4-16)5-7-24/h1-4,6,8-13H,5,7,24H2. The van der Waals surface area contributed by atoms with Crippen LogP contribution in [-0.2, 0) is 6.42 Å². The molecular formula is C22H17FN4S.